The molecule has 0 amide bonds. The third-order valence-electron chi connectivity index (χ3n) is 4.24. The molecule has 0 saturated heterocycles. The molecule has 0 spiro atoms. The van der Waals surface area contributed by atoms with Gasteiger partial charge in [0, 0.05) is 24.7 Å². The second-order valence-corrected chi connectivity index (χ2v) is 6.59. The molecular formula is C17H30N2O. The summed E-state index contributed by atoms with van der Waals surface area (Å²) in [4.78, 5) is 2.64. The van der Waals surface area contributed by atoms with Gasteiger partial charge in [-0.05, 0) is 38.8 Å². The summed E-state index contributed by atoms with van der Waals surface area (Å²) >= 11 is 0. The molecule has 3 nitrogen and oxygen atoms in total. The second-order valence-electron chi connectivity index (χ2n) is 6.59. The fraction of sp³-hybridized carbons (Fsp3) is 0.765. The van der Waals surface area contributed by atoms with Crippen molar-refractivity contribution in [1.82, 2.24) is 10.2 Å². The van der Waals surface area contributed by atoms with Gasteiger partial charge in [0.25, 0.3) is 0 Å². The van der Waals surface area contributed by atoms with Crippen LogP contribution in [0.5, 0.6) is 0 Å². The largest absolute Gasteiger partial charge is 0.465 e. The van der Waals surface area contributed by atoms with Crippen molar-refractivity contribution in [3.05, 3.63) is 23.2 Å². The lowest BCUT2D eigenvalue weighted by atomic mass is 10.1. The first kappa shape index (κ1) is 15.6. The van der Waals surface area contributed by atoms with E-state index >= 15 is 0 Å². The molecule has 1 aromatic heterocycles. The lowest BCUT2D eigenvalue weighted by molar-refractivity contribution is 0.156. The summed E-state index contributed by atoms with van der Waals surface area (Å²) < 4.78 is 5.96. The van der Waals surface area contributed by atoms with E-state index in [0.717, 1.165) is 30.7 Å². The standard InChI is InChI=1S/C17H30N2O/c1-13(2)11-19(16-7-5-6-8-16)12-17-9-15(10-18-4)14(3)20-17/h9,13,16,18H,5-8,10-12H2,1-4H3. The highest BCUT2D eigenvalue weighted by atomic mass is 16.3. The number of rotatable bonds is 7. The minimum atomic E-state index is 0.712. The van der Waals surface area contributed by atoms with Crippen LogP contribution in [0.3, 0.4) is 0 Å². The summed E-state index contributed by atoms with van der Waals surface area (Å²) in [5.74, 6) is 2.90. The topological polar surface area (TPSA) is 28.4 Å². The van der Waals surface area contributed by atoms with E-state index in [9.17, 15) is 0 Å². The van der Waals surface area contributed by atoms with Gasteiger partial charge in [-0.1, -0.05) is 26.7 Å². The molecule has 0 aromatic carbocycles. The first-order valence-corrected chi connectivity index (χ1v) is 8.07. The van der Waals surface area contributed by atoms with E-state index in [4.69, 9.17) is 4.42 Å². The Hall–Kier alpha value is -0.800. The Bertz CT molecular complexity index is 405. The molecular weight excluding hydrogens is 248 g/mol. The van der Waals surface area contributed by atoms with Gasteiger partial charge in [0.1, 0.15) is 11.5 Å². The Kier molecular flexibility index (Phi) is 5.67. The maximum Gasteiger partial charge on any atom is 0.118 e. The summed E-state index contributed by atoms with van der Waals surface area (Å²) in [6.45, 7) is 9.71. The van der Waals surface area contributed by atoms with Crippen LogP contribution < -0.4 is 5.32 Å². The van der Waals surface area contributed by atoms with Crippen LogP contribution in [0.1, 0.15) is 56.6 Å². The van der Waals surface area contributed by atoms with Gasteiger partial charge in [-0.15, -0.1) is 0 Å². The minimum Gasteiger partial charge on any atom is -0.465 e. The van der Waals surface area contributed by atoms with Gasteiger partial charge in [-0.3, -0.25) is 4.90 Å². The van der Waals surface area contributed by atoms with E-state index in [2.05, 4.69) is 37.1 Å². The summed E-state index contributed by atoms with van der Waals surface area (Å²) in [6, 6.07) is 2.99. The second kappa shape index (κ2) is 7.28. The average molecular weight is 278 g/mol. The van der Waals surface area contributed by atoms with Crippen LogP contribution in [0.25, 0.3) is 0 Å². The molecule has 1 N–H and O–H groups in total. The quantitative estimate of drug-likeness (QED) is 0.824. The van der Waals surface area contributed by atoms with E-state index < -0.39 is 0 Å². The number of hydrogen-bond donors (Lipinski definition) is 1. The highest BCUT2D eigenvalue weighted by Crippen LogP contribution is 2.26. The molecule has 1 heterocycles. The van der Waals surface area contributed by atoms with Crippen molar-refractivity contribution < 1.29 is 4.42 Å². The fourth-order valence-corrected chi connectivity index (χ4v) is 3.31. The SMILES string of the molecule is CNCc1cc(CN(CC(C)C)C2CCCC2)oc1C. The van der Waals surface area contributed by atoms with Crippen LogP contribution in [-0.2, 0) is 13.1 Å². The van der Waals surface area contributed by atoms with Gasteiger partial charge >= 0.3 is 0 Å². The van der Waals surface area contributed by atoms with Gasteiger partial charge < -0.3 is 9.73 Å². The lowest BCUT2D eigenvalue weighted by Crippen LogP contribution is -2.35. The minimum absolute atomic E-state index is 0.712. The molecule has 0 atom stereocenters. The first-order valence-electron chi connectivity index (χ1n) is 8.07. The zero-order valence-electron chi connectivity index (χ0n) is 13.5. The molecule has 1 aliphatic rings. The number of furan rings is 1. The van der Waals surface area contributed by atoms with E-state index in [0.29, 0.717) is 5.92 Å². The predicted octanol–water partition coefficient (Wildman–Crippen LogP) is 3.71. The maximum atomic E-state index is 5.96. The Morgan fingerprint density at radius 3 is 2.65 bits per heavy atom. The van der Waals surface area contributed by atoms with Crippen LogP contribution in [-0.4, -0.2) is 24.5 Å². The molecule has 114 valence electrons. The highest BCUT2D eigenvalue weighted by Gasteiger charge is 2.24. The Morgan fingerprint density at radius 2 is 2.05 bits per heavy atom. The molecule has 1 aromatic rings. The summed E-state index contributed by atoms with van der Waals surface area (Å²) in [6.07, 6.45) is 5.49. The molecule has 1 aliphatic carbocycles. The summed E-state index contributed by atoms with van der Waals surface area (Å²) in [7, 11) is 1.98. The molecule has 0 radical (unpaired) electrons. The summed E-state index contributed by atoms with van der Waals surface area (Å²) in [5.41, 5.74) is 1.29. The molecule has 0 aliphatic heterocycles. The highest BCUT2D eigenvalue weighted by molar-refractivity contribution is 5.20. The van der Waals surface area contributed by atoms with Crippen molar-refractivity contribution in [2.45, 2.75) is 65.6 Å². The third-order valence-corrected chi connectivity index (χ3v) is 4.24. The Morgan fingerprint density at radius 1 is 1.35 bits per heavy atom. The van der Waals surface area contributed by atoms with Crippen molar-refractivity contribution in [2.75, 3.05) is 13.6 Å². The van der Waals surface area contributed by atoms with E-state index in [1.54, 1.807) is 0 Å². The van der Waals surface area contributed by atoms with Gasteiger partial charge in [0.05, 0.1) is 6.54 Å². The van der Waals surface area contributed by atoms with Crippen molar-refractivity contribution in [2.24, 2.45) is 5.92 Å². The maximum absolute atomic E-state index is 5.96. The number of nitrogens with one attached hydrogen (secondary N) is 1. The van der Waals surface area contributed by atoms with Crippen molar-refractivity contribution in [1.29, 1.82) is 0 Å². The van der Waals surface area contributed by atoms with E-state index in [1.807, 2.05) is 7.05 Å². The van der Waals surface area contributed by atoms with Crippen molar-refractivity contribution in [3.8, 4) is 0 Å². The van der Waals surface area contributed by atoms with Crippen LogP contribution in [0, 0.1) is 12.8 Å². The normalized spacial score (nSPS) is 16.7. The van der Waals surface area contributed by atoms with E-state index in [-0.39, 0.29) is 0 Å². The zero-order valence-corrected chi connectivity index (χ0v) is 13.5. The van der Waals surface area contributed by atoms with Gasteiger partial charge in [-0.25, -0.2) is 0 Å². The van der Waals surface area contributed by atoms with Crippen LogP contribution in [0.2, 0.25) is 0 Å². The molecule has 1 saturated carbocycles. The van der Waals surface area contributed by atoms with Gasteiger partial charge in [0.2, 0.25) is 0 Å². The van der Waals surface area contributed by atoms with Crippen LogP contribution >= 0.6 is 0 Å². The smallest absolute Gasteiger partial charge is 0.118 e. The number of hydrogen-bond acceptors (Lipinski definition) is 3. The molecule has 1 fully saturated rings. The zero-order chi connectivity index (χ0) is 14.5. The molecule has 20 heavy (non-hydrogen) atoms. The molecule has 0 unspecified atom stereocenters. The van der Waals surface area contributed by atoms with Gasteiger partial charge in [-0.2, -0.15) is 0 Å². The average Bonchev–Trinajstić information content (AvgIpc) is 2.99. The van der Waals surface area contributed by atoms with Crippen LogP contribution in [0.4, 0.5) is 0 Å². The molecule has 0 bridgehead atoms. The predicted molar refractivity (Wildman–Crippen MR) is 83.7 cm³/mol. The van der Waals surface area contributed by atoms with Gasteiger partial charge in [0.15, 0.2) is 0 Å². The number of nitrogens with zero attached hydrogens (tertiary/aromatic N) is 1. The Balaban J connectivity index is 2.04. The monoisotopic (exact) mass is 278 g/mol. The first-order chi connectivity index (χ1) is 9.60. The lowest BCUT2D eigenvalue weighted by Gasteiger charge is -2.29. The number of aryl methyl sites for hydroxylation is 1. The Labute approximate surface area is 123 Å². The summed E-state index contributed by atoms with van der Waals surface area (Å²) in [5, 5.41) is 3.21. The molecule has 2 rings (SSSR count). The van der Waals surface area contributed by atoms with E-state index in [1.165, 1.54) is 37.8 Å². The third kappa shape index (κ3) is 4.10. The van der Waals surface area contributed by atoms with Crippen LogP contribution in [0.15, 0.2) is 10.5 Å². The van der Waals surface area contributed by atoms with Crippen molar-refractivity contribution in [3.63, 3.8) is 0 Å². The molecule has 3 heteroatoms. The van der Waals surface area contributed by atoms with Crippen molar-refractivity contribution >= 4 is 0 Å². The fourth-order valence-electron chi connectivity index (χ4n) is 3.31.